The van der Waals surface area contributed by atoms with Gasteiger partial charge in [-0.25, -0.2) is 18.4 Å². The number of unbranched alkanes of at least 4 members (excludes halogenated alkanes) is 1. The molecular weight excluding hydrogens is 1190 g/mol. The number of ether oxygens (including phenoxy) is 4. The SMILES string of the molecule is CN(CCSSC[C@H](NC(=O)[C@H](COC=O)CC(=O)[C@H](CCCN=C(N)N)NC(=O)[C@H](COC=O)CC(=O)CCCCn1cc(CCCC(=O)Nc2nnc(S(N)(=O)=O)s2)nn1)OC=O)C(=O)Oc1cc2c(c3ccccc13)[C@H](CCl)CC2. The predicted octanol–water partition coefficient (Wildman–Crippen LogP) is 2.49. The summed E-state index contributed by atoms with van der Waals surface area (Å²) >= 11 is 6.90. The molecule has 1 aliphatic rings. The zero-order valence-corrected chi connectivity index (χ0v) is 49.2. The number of sulfonamides is 1. The number of primary sulfonamides is 1. The molecule has 4 amide bonds. The molecule has 452 valence electrons. The number of aromatic nitrogens is 5. The number of anilines is 1. The van der Waals surface area contributed by atoms with Crippen LogP contribution in [0, 0.1) is 11.8 Å². The van der Waals surface area contributed by atoms with E-state index in [0.29, 0.717) is 66.6 Å². The number of aryl methyl sites for hydroxylation is 3. The number of fused-ring (bicyclic) bond motifs is 3. The van der Waals surface area contributed by atoms with Crippen LogP contribution in [0.15, 0.2) is 45.9 Å². The number of benzene rings is 2. The summed E-state index contributed by atoms with van der Waals surface area (Å²) < 4.78 is 44.8. The number of nitrogens with one attached hydrogen (secondary N) is 3. The highest BCUT2D eigenvalue weighted by Gasteiger charge is 2.33. The normalized spacial score (nSPS) is 14.2. The summed E-state index contributed by atoms with van der Waals surface area (Å²) in [6, 6.07) is 8.35. The fourth-order valence-electron chi connectivity index (χ4n) is 8.67. The summed E-state index contributed by atoms with van der Waals surface area (Å²) in [4.78, 5) is 120. The number of guanidine groups is 1. The van der Waals surface area contributed by atoms with Crippen molar-refractivity contribution in [3.05, 3.63) is 53.3 Å². The topological polar surface area (TPSA) is 411 Å². The number of carbonyl (C=O) groups excluding carboxylic acids is 9. The van der Waals surface area contributed by atoms with E-state index in [1.807, 2.05) is 30.3 Å². The van der Waals surface area contributed by atoms with Gasteiger partial charge in [0.25, 0.3) is 29.4 Å². The number of carbonyl (C=O) groups is 9. The molecule has 2 aromatic heterocycles. The molecule has 0 radical (unpaired) electrons. The molecule has 2 heterocycles. The first-order chi connectivity index (χ1) is 39.8. The number of nitrogens with two attached hydrogens (primary N) is 3. The van der Waals surface area contributed by atoms with Crippen LogP contribution >= 0.6 is 44.5 Å². The average Bonchev–Trinajstić information content (AvgIpc) is 3.98. The van der Waals surface area contributed by atoms with Crippen molar-refractivity contribution in [1.82, 2.24) is 40.7 Å². The Morgan fingerprint density at radius 2 is 1.65 bits per heavy atom. The quantitative estimate of drug-likeness (QED) is 0.00429. The fraction of sp³-hybridized carbons (Fsp3) is 0.520. The molecule has 0 spiro atoms. The summed E-state index contributed by atoms with van der Waals surface area (Å²) in [6.07, 6.45) is 2.61. The highest BCUT2D eigenvalue weighted by atomic mass is 35.5. The number of amides is 4. The third-order valence-electron chi connectivity index (χ3n) is 12.8. The predicted molar refractivity (Wildman–Crippen MR) is 307 cm³/mol. The summed E-state index contributed by atoms with van der Waals surface area (Å²) in [5.41, 5.74) is 13.9. The fourth-order valence-corrected chi connectivity index (χ4v) is 12.4. The van der Waals surface area contributed by atoms with Crippen molar-refractivity contribution in [3.8, 4) is 5.75 Å². The number of aliphatic imine (C=N–C) groups is 1. The second kappa shape index (κ2) is 34.6. The van der Waals surface area contributed by atoms with E-state index in [4.69, 9.17) is 47.2 Å². The zero-order chi connectivity index (χ0) is 60.3. The summed E-state index contributed by atoms with van der Waals surface area (Å²) in [5, 5.41) is 29.7. The third-order valence-corrected chi connectivity index (χ3v) is 17.7. The number of Topliss-reactive ketones (excluding diaryl/α,β-unsaturated/α-hetero) is 2. The molecule has 2 aromatic carbocycles. The minimum Gasteiger partial charge on any atom is -0.467 e. The van der Waals surface area contributed by atoms with Gasteiger partial charge in [0.2, 0.25) is 27.2 Å². The number of alkyl halides is 1. The van der Waals surface area contributed by atoms with E-state index in [1.165, 1.54) is 32.1 Å². The molecule has 28 nitrogen and oxygen atoms in total. The molecule has 5 atom stereocenters. The van der Waals surface area contributed by atoms with Gasteiger partial charge >= 0.3 is 6.09 Å². The lowest BCUT2D eigenvalue weighted by Gasteiger charge is -2.24. The lowest BCUT2D eigenvalue weighted by atomic mass is 9.94. The molecule has 0 aliphatic heterocycles. The van der Waals surface area contributed by atoms with Gasteiger partial charge in [-0.05, 0) is 79.9 Å². The van der Waals surface area contributed by atoms with E-state index < -0.39 is 87.7 Å². The van der Waals surface area contributed by atoms with Crippen molar-refractivity contribution in [1.29, 1.82) is 0 Å². The highest BCUT2D eigenvalue weighted by Crippen LogP contribution is 2.43. The maximum Gasteiger partial charge on any atom is 0.415 e. The van der Waals surface area contributed by atoms with Gasteiger partial charge in [0.15, 0.2) is 18.0 Å². The van der Waals surface area contributed by atoms with Gasteiger partial charge in [-0.3, -0.25) is 48.0 Å². The smallest absolute Gasteiger partial charge is 0.415 e. The third kappa shape index (κ3) is 22.3. The van der Waals surface area contributed by atoms with Crippen LogP contribution in [0.4, 0.5) is 9.93 Å². The van der Waals surface area contributed by atoms with Gasteiger partial charge in [-0.15, -0.1) is 26.9 Å². The largest absolute Gasteiger partial charge is 0.467 e. The van der Waals surface area contributed by atoms with E-state index in [2.05, 4.69) is 41.5 Å². The van der Waals surface area contributed by atoms with E-state index in [9.17, 15) is 51.6 Å². The van der Waals surface area contributed by atoms with Crippen LogP contribution < -0.4 is 37.3 Å². The van der Waals surface area contributed by atoms with Gasteiger partial charge < -0.3 is 51.3 Å². The summed E-state index contributed by atoms with van der Waals surface area (Å²) in [5.74, 6) is -4.24. The first-order valence-electron chi connectivity index (χ1n) is 26.1. The van der Waals surface area contributed by atoms with Crippen LogP contribution in [0.25, 0.3) is 10.8 Å². The monoisotopic (exact) mass is 1250 g/mol. The second-order valence-electron chi connectivity index (χ2n) is 18.9. The first-order valence-corrected chi connectivity index (χ1v) is 31.5. The Morgan fingerprint density at radius 3 is 2.34 bits per heavy atom. The number of nitrogens with zero attached hydrogens (tertiary/aromatic N) is 7. The zero-order valence-electron chi connectivity index (χ0n) is 45.2. The van der Waals surface area contributed by atoms with E-state index in [0.717, 1.165) is 29.2 Å². The number of ketones is 2. The molecule has 0 saturated carbocycles. The lowest BCUT2D eigenvalue weighted by molar-refractivity contribution is -0.142. The van der Waals surface area contributed by atoms with Gasteiger partial charge in [-0.1, -0.05) is 62.4 Å². The molecule has 0 bridgehead atoms. The second-order valence-corrected chi connectivity index (χ2v) is 24.6. The Bertz CT molecular complexity index is 3020. The minimum atomic E-state index is -4.05. The van der Waals surface area contributed by atoms with E-state index >= 15 is 0 Å². The minimum absolute atomic E-state index is 0.0107. The molecule has 4 aromatic rings. The molecule has 0 fully saturated rings. The Kier molecular flexibility index (Phi) is 27.8. The van der Waals surface area contributed by atoms with Gasteiger partial charge in [0.1, 0.15) is 24.7 Å². The van der Waals surface area contributed by atoms with Crippen molar-refractivity contribution in [2.45, 2.75) is 106 Å². The Balaban J connectivity index is 1.09. The van der Waals surface area contributed by atoms with E-state index in [-0.39, 0.29) is 93.2 Å². The highest BCUT2D eigenvalue weighted by molar-refractivity contribution is 8.76. The van der Waals surface area contributed by atoms with Crippen LogP contribution in [-0.2, 0) is 82.0 Å². The van der Waals surface area contributed by atoms with E-state index in [1.54, 1.807) is 17.9 Å². The van der Waals surface area contributed by atoms with Gasteiger partial charge in [0, 0.05) is 75.6 Å². The molecule has 33 heteroatoms. The summed E-state index contributed by atoms with van der Waals surface area (Å²) in [6.45, 7) is -0.0334. The van der Waals surface area contributed by atoms with Crippen molar-refractivity contribution >= 4 is 131 Å². The summed E-state index contributed by atoms with van der Waals surface area (Å²) in [7, 11) is 0.0922. The van der Waals surface area contributed by atoms with Crippen molar-refractivity contribution < 1.29 is 70.5 Å². The lowest BCUT2D eigenvalue weighted by Crippen LogP contribution is -2.48. The number of rotatable bonds is 40. The molecule has 1 aliphatic carbocycles. The molecule has 83 heavy (non-hydrogen) atoms. The van der Waals surface area contributed by atoms with Crippen LogP contribution in [0.5, 0.6) is 5.75 Å². The van der Waals surface area contributed by atoms with Gasteiger partial charge in [-0.2, -0.15) is 0 Å². The Labute approximate surface area is 494 Å². The maximum absolute atomic E-state index is 14.0. The Hall–Kier alpha value is -7.00. The molecule has 0 saturated heterocycles. The number of hydrogen-bond donors (Lipinski definition) is 6. The standard InChI is InChI=1S/C50H66ClN13O15S4/c1-63(50(73)79-41-22-31-14-15-32(23-51)44(31)38-11-3-2-10-37(38)41)18-19-80-81-27-43(78-30-67)58-46(72)34(26-77-29-66)21-40(69)39(12-7-16-55-47(52)53)56-45(71)33(25-76-28-65)20-36(68)9-4-5-17-64-24-35(59-62-64)8-6-13-42(70)57-48-60-61-49(82-48)83(54,74)75/h2-3,10-11,22,24,28-30,32-34,39,43H,4-9,12-21,23,25-27H2,1H3,(H,56,71)(H,58,72)(H4,52,53,55)(H2,54,74,75)(H,57,60,70)/t32-,33-,34-,39-,43+/m0/s1. The van der Waals surface area contributed by atoms with Crippen molar-refractivity contribution in [2.75, 3.05) is 56.1 Å². The van der Waals surface area contributed by atoms with Gasteiger partial charge in [0.05, 0.1) is 29.3 Å². The molecule has 9 N–H and O–H groups in total. The molecular formula is C50H66ClN13O15S4. The Morgan fingerprint density at radius 1 is 0.928 bits per heavy atom. The maximum atomic E-state index is 14.0. The molecule has 5 rings (SSSR count). The molecule has 0 unspecified atom stereocenters. The van der Waals surface area contributed by atoms with Crippen molar-refractivity contribution in [3.63, 3.8) is 0 Å². The van der Waals surface area contributed by atoms with Crippen LogP contribution in [0.3, 0.4) is 0 Å². The van der Waals surface area contributed by atoms with Crippen molar-refractivity contribution in [2.24, 2.45) is 33.4 Å². The van der Waals surface area contributed by atoms with Crippen LogP contribution in [0.1, 0.15) is 86.9 Å². The van der Waals surface area contributed by atoms with Crippen LogP contribution in [-0.4, -0.2) is 162 Å². The van der Waals surface area contributed by atoms with Crippen LogP contribution in [0.2, 0.25) is 0 Å². The first kappa shape index (κ1) is 66.8. The number of hydrogen-bond acceptors (Lipinski definition) is 23. The average molecular weight is 1250 g/mol. The number of halogens is 1.